The van der Waals surface area contributed by atoms with Gasteiger partial charge in [0.05, 0.1) is 5.60 Å². The molecular weight excluding hydrogens is 320 g/mol. The summed E-state index contributed by atoms with van der Waals surface area (Å²) < 4.78 is 0. The summed E-state index contributed by atoms with van der Waals surface area (Å²) in [6, 6.07) is 1.68. The highest BCUT2D eigenvalue weighted by atomic mass is 16.3. The van der Waals surface area contributed by atoms with E-state index in [1.165, 1.54) is 0 Å². The van der Waals surface area contributed by atoms with E-state index in [1.54, 1.807) is 11.0 Å². The van der Waals surface area contributed by atoms with E-state index in [-0.39, 0.29) is 11.6 Å². The Morgan fingerprint density at radius 1 is 1.40 bits per heavy atom. The number of hydrogen-bond acceptors (Lipinski definition) is 5. The lowest BCUT2D eigenvalue weighted by atomic mass is 9.94. The molecule has 1 amide bonds. The van der Waals surface area contributed by atoms with Gasteiger partial charge in [-0.25, -0.2) is 4.79 Å². The number of likely N-dealkylation sites (tertiary alicyclic amines) is 1. The fraction of sp³-hybridized carbons (Fsp3) is 0.722. The molecule has 0 radical (unpaired) electrons. The Balaban J connectivity index is 2.13. The van der Waals surface area contributed by atoms with Crippen LogP contribution in [0.4, 0.5) is 0 Å². The molecule has 2 rings (SSSR count). The van der Waals surface area contributed by atoms with Crippen molar-refractivity contribution in [3.05, 3.63) is 27.9 Å². The van der Waals surface area contributed by atoms with Crippen LogP contribution >= 0.6 is 0 Å². The number of rotatable bonds is 5. The van der Waals surface area contributed by atoms with Gasteiger partial charge in [0.25, 0.3) is 5.91 Å². The molecule has 0 aromatic carbocycles. The monoisotopic (exact) mass is 350 g/mol. The van der Waals surface area contributed by atoms with Gasteiger partial charge in [0, 0.05) is 25.3 Å². The number of amides is 1. The molecule has 0 saturated carbocycles. The maximum atomic E-state index is 12.8. The third kappa shape index (κ3) is 5.64. The van der Waals surface area contributed by atoms with Gasteiger partial charge >= 0.3 is 5.69 Å². The van der Waals surface area contributed by atoms with Gasteiger partial charge in [-0.05, 0) is 51.8 Å². The van der Waals surface area contributed by atoms with Crippen LogP contribution in [0, 0.1) is 5.92 Å². The van der Waals surface area contributed by atoms with E-state index < -0.39 is 11.3 Å². The van der Waals surface area contributed by atoms with Crippen molar-refractivity contribution in [2.24, 2.45) is 5.92 Å². The Hall–Kier alpha value is -1.73. The molecule has 0 aliphatic carbocycles. The second kappa shape index (κ2) is 8.10. The largest absolute Gasteiger partial charge is 0.388 e. The van der Waals surface area contributed by atoms with E-state index in [0.29, 0.717) is 44.8 Å². The second-order valence-electron chi connectivity index (χ2n) is 7.80. The van der Waals surface area contributed by atoms with Crippen LogP contribution in [-0.2, 0) is 6.42 Å². The van der Waals surface area contributed by atoms with Gasteiger partial charge in [-0.2, -0.15) is 4.98 Å². The Morgan fingerprint density at radius 2 is 2.12 bits per heavy atom. The highest BCUT2D eigenvalue weighted by molar-refractivity contribution is 5.92. The molecule has 1 aromatic heterocycles. The molecule has 7 heteroatoms. The molecule has 140 valence electrons. The molecule has 25 heavy (non-hydrogen) atoms. The third-order valence-corrected chi connectivity index (χ3v) is 4.46. The zero-order valence-corrected chi connectivity index (χ0v) is 15.7. The molecule has 1 unspecified atom stereocenters. The number of carbonyl (C=O) groups is 1. The molecule has 1 saturated heterocycles. The second-order valence-corrected chi connectivity index (χ2v) is 7.80. The molecule has 1 aliphatic heterocycles. The average Bonchev–Trinajstić information content (AvgIpc) is 2.66. The van der Waals surface area contributed by atoms with Crippen molar-refractivity contribution in [3.63, 3.8) is 0 Å². The lowest BCUT2D eigenvalue weighted by Crippen LogP contribution is -2.41. The van der Waals surface area contributed by atoms with Crippen LogP contribution in [0.3, 0.4) is 0 Å². The maximum absolute atomic E-state index is 12.8. The van der Waals surface area contributed by atoms with Gasteiger partial charge < -0.3 is 19.9 Å². The highest BCUT2D eigenvalue weighted by Crippen LogP contribution is 2.23. The number of hydrogen-bond donors (Lipinski definition) is 2. The molecule has 7 nitrogen and oxygen atoms in total. The highest BCUT2D eigenvalue weighted by Gasteiger charge is 2.32. The van der Waals surface area contributed by atoms with Crippen LogP contribution in [0.5, 0.6) is 0 Å². The van der Waals surface area contributed by atoms with E-state index >= 15 is 0 Å². The summed E-state index contributed by atoms with van der Waals surface area (Å²) in [6.07, 6.45) is 2.62. The number of carbonyl (C=O) groups excluding carboxylic acids is 1. The third-order valence-electron chi connectivity index (χ3n) is 4.46. The molecule has 2 heterocycles. The number of nitrogens with zero attached hydrogens (tertiary/aromatic N) is 3. The van der Waals surface area contributed by atoms with Crippen LogP contribution in [0.2, 0.25) is 0 Å². The minimum atomic E-state index is -0.775. The Kier molecular flexibility index (Phi) is 6.35. The van der Waals surface area contributed by atoms with Crippen molar-refractivity contribution < 1.29 is 9.90 Å². The lowest BCUT2D eigenvalue weighted by molar-refractivity contribution is 0.00303. The normalized spacial score (nSPS) is 21.6. The van der Waals surface area contributed by atoms with Crippen molar-refractivity contribution in [2.45, 2.75) is 45.1 Å². The first-order valence-corrected chi connectivity index (χ1v) is 8.95. The van der Waals surface area contributed by atoms with Crippen LogP contribution in [0.25, 0.3) is 0 Å². The van der Waals surface area contributed by atoms with Gasteiger partial charge in [0.1, 0.15) is 5.69 Å². The summed E-state index contributed by atoms with van der Waals surface area (Å²) in [5, 5.41) is 10.7. The van der Waals surface area contributed by atoms with Gasteiger partial charge in [-0.3, -0.25) is 4.79 Å². The van der Waals surface area contributed by atoms with Crippen molar-refractivity contribution in [1.82, 2.24) is 19.8 Å². The van der Waals surface area contributed by atoms with Gasteiger partial charge in [-0.15, -0.1) is 0 Å². The van der Waals surface area contributed by atoms with E-state index in [9.17, 15) is 14.7 Å². The van der Waals surface area contributed by atoms with Gasteiger partial charge in [0.2, 0.25) is 0 Å². The van der Waals surface area contributed by atoms with Crippen molar-refractivity contribution in [1.29, 1.82) is 0 Å². The van der Waals surface area contributed by atoms with Gasteiger partial charge in [0.15, 0.2) is 0 Å². The summed E-state index contributed by atoms with van der Waals surface area (Å²) in [6.45, 7) is 5.73. The van der Waals surface area contributed by atoms with Crippen molar-refractivity contribution in [2.75, 3.05) is 33.7 Å². The molecule has 1 aromatic rings. The molecule has 1 aliphatic rings. The first-order valence-electron chi connectivity index (χ1n) is 8.95. The van der Waals surface area contributed by atoms with Crippen LogP contribution in [-0.4, -0.2) is 70.1 Å². The van der Waals surface area contributed by atoms with E-state index in [1.807, 2.05) is 19.0 Å². The van der Waals surface area contributed by atoms with Crippen molar-refractivity contribution in [3.8, 4) is 0 Å². The Bertz CT molecular complexity index is 656. The Morgan fingerprint density at radius 3 is 2.76 bits per heavy atom. The lowest BCUT2D eigenvalue weighted by Gasteiger charge is -2.29. The van der Waals surface area contributed by atoms with Crippen LogP contribution in [0.15, 0.2) is 10.9 Å². The molecule has 1 fully saturated rings. The van der Waals surface area contributed by atoms with Gasteiger partial charge in [-0.1, -0.05) is 13.8 Å². The first kappa shape index (κ1) is 19.6. The fourth-order valence-corrected chi connectivity index (χ4v) is 3.46. The van der Waals surface area contributed by atoms with Crippen LogP contribution < -0.4 is 5.69 Å². The average molecular weight is 350 g/mol. The Labute approximate surface area is 149 Å². The summed E-state index contributed by atoms with van der Waals surface area (Å²) in [7, 11) is 3.87. The topological polar surface area (TPSA) is 89.5 Å². The summed E-state index contributed by atoms with van der Waals surface area (Å²) in [5.41, 5.74) is -0.335. The van der Waals surface area contributed by atoms with E-state index in [4.69, 9.17) is 0 Å². The quantitative estimate of drug-likeness (QED) is 0.823. The summed E-state index contributed by atoms with van der Waals surface area (Å²) in [4.78, 5) is 34.8. The SMILES string of the molecule is CC(C)Cc1cc(C(=O)N2CCCC(O)(CN(C)C)CC2)nc(=O)[nH]1. The predicted octanol–water partition coefficient (Wildman–Crippen LogP) is 0.887. The first-order chi connectivity index (χ1) is 11.7. The van der Waals surface area contributed by atoms with Crippen LogP contribution in [0.1, 0.15) is 49.3 Å². The fourth-order valence-electron chi connectivity index (χ4n) is 3.46. The minimum absolute atomic E-state index is 0.192. The van der Waals surface area contributed by atoms with E-state index in [2.05, 4.69) is 23.8 Å². The predicted molar refractivity (Wildman–Crippen MR) is 96.7 cm³/mol. The number of aromatic amines is 1. The molecular formula is C18H30N4O3. The summed E-state index contributed by atoms with van der Waals surface area (Å²) >= 11 is 0. The molecule has 0 bridgehead atoms. The number of aliphatic hydroxyl groups is 1. The zero-order chi connectivity index (χ0) is 18.6. The zero-order valence-electron chi connectivity index (χ0n) is 15.7. The molecule has 2 N–H and O–H groups in total. The van der Waals surface area contributed by atoms with Crippen molar-refractivity contribution >= 4 is 5.91 Å². The van der Waals surface area contributed by atoms with E-state index in [0.717, 1.165) is 12.1 Å². The summed E-state index contributed by atoms with van der Waals surface area (Å²) in [5.74, 6) is 0.144. The number of nitrogens with one attached hydrogen (secondary N) is 1. The minimum Gasteiger partial charge on any atom is -0.388 e. The maximum Gasteiger partial charge on any atom is 0.345 e. The molecule has 0 spiro atoms. The molecule has 1 atom stereocenters. The standard InChI is InChI=1S/C18H30N4O3/c1-13(2)10-14-11-15(20-17(24)19-14)16(23)22-8-5-6-18(25,7-9-22)12-21(3)4/h11,13,25H,5-10,12H2,1-4H3,(H,19,20,24). The number of H-pyrrole nitrogens is 1. The number of aromatic nitrogens is 2. The smallest absolute Gasteiger partial charge is 0.345 e. The number of likely N-dealkylation sites (N-methyl/N-ethyl adjacent to an activating group) is 1.